The van der Waals surface area contributed by atoms with Crippen molar-refractivity contribution in [2.75, 3.05) is 6.79 Å². The molecule has 0 spiro atoms. The van der Waals surface area contributed by atoms with Gasteiger partial charge in [0.1, 0.15) is 0 Å². The van der Waals surface area contributed by atoms with Crippen molar-refractivity contribution >= 4 is 11.7 Å². The fraction of sp³-hybridized carbons (Fsp3) is 0.417. The molecular weight excluding hydrogens is 254 g/mol. The average molecular weight is 267 g/mol. The molecule has 1 aliphatic heterocycles. The monoisotopic (exact) mass is 267 g/mol. The molecule has 1 aromatic carbocycles. The summed E-state index contributed by atoms with van der Waals surface area (Å²) in [6.45, 7) is 3.35. The van der Waals surface area contributed by atoms with Gasteiger partial charge in [0.05, 0.1) is 11.3 Å². The third-order valence-corrected chi connectivity index (χ3v) is 3.02. The zero-order valence-electron chi connectivity index (χ0n) is 10.5. The van der Waals surface area contributed by atoms with Crippen molar-refractivity contribution in [3.05, 3.63) is 27.8 Å². The van der Waals surface area contributed by atoms with Gasteiger partial charge in [-0.05, 0) is 11.6 Å². The SMILES string of the molecule is CC(C)(CC(=O)O)c1cc2c(c([N+](=O)[O-])c1)OCO2. The third-order valence-electron chi connectivity index (χ3n) is 3.02. The highest BCUT2D eigenvalue weighted by molar-refractivity contribution is 5.69. The van der Waals surface area contributed by atoms with Crippen molar-refractivity contribution in [3.63, 3.8) is 0 Å². The van der Waals surface area contributed by atoms with Crippen molar-refractivity contribution in [1.82, 2.24) is 0 Å². The van der Waals surface area contributed by atoms with Crippen LogP contribution < -0.4 is 9.47 Å². The molecule has 0 atom stereocenters. The quantitative estimate of drug-likeness (QED) is 0.662. The molecule has 1 heterocycles. The van der Waals surface area contributed by atoms with Gasteiger partial charge in [0.2, 0.25) is 12.5 Å². The number of hydrogen-bond acceptors (Lipinski definition) is 5. The van der Waals surface area contributed by atoms with Crippen molar-refractivity contribution in [1.29, 1.82) is 0 Å². The topological polar surface area (TPSA) is 98.9 Å². The van der Waals surface area contributed by atoms with E-state index in [1.165, 1.54) is 6.07 Å². The molecule has 0 fully saturated rings. The molecule has 0 unspecified atom stereocenters. The van der Waals surface area contributed by atoms with Crippen LogP contribution in [0.4, 0.5) is 5.69 Å². The maximum atomic E-state index is 11.0. The highest BCUT2D eigenvalue weighted by Crippen LogP contribution is 2.44. The minimum Gasteiger partial charge on any atom is -0.481 e. The number of aliphatic carboxylic acids is 1. The zero-order valence-corrected chi connectivity index (χ0v) is 10.5. The van der Waals surface area contributed by atoms with E-state index in [2.05, 4.69) is 0 Å². The Hall–Kier alpha value is -2.31. The Labute approximate surface area is 108 Å². The van der Waals surface area contributed by atoms with Crippen molar-refractivity contribution in [2.24, 2.45) is 0 Å². The Morgan fingerprint density at radius 2 is 2.16 bits per heavy atom. The molecule has 1 aliphatic rings. The first-order valence-corrected chi connectivity index (χ1v) is 5.61. The number of rotatable bonds is 4. The summed E-state index contributed by atoms with van der Waals surface area (Å²) in [5, 5.41) is 19.9. The van der Waals surface area contributed by atoms with Gasteiger partial charge in [-0.1, -0.05) is 13.8 Å². The maximum absolute atomic E-state index is 11.0. The summed E-state index contributed by atoms with van der Waals surface area (Å²) >= 11 is 0. The minimum atomic E-state index is -0.967. The van der Waals surface area contributed by atoms with Gasteiger partial charge in [-0.25, -0.2) is 0 Å². The van der Waals surface area contributed by atoms with E-state index in [1.54, 1.807) is 19.9 Å². The maximum Gasteiger partial charge on any atom is 0.315 e. The first kappa shape index (κ1) is 13.1. The average Bonchev–Trinajstić information content (AvgIpc) is 2.73. The Bertz CT molecular complexity index is 551. The van der Waals surface area contributed by atoms with Gasteiger partial charge in [0.25, 0.3) is 0 Å². The summed E-state index contributed by atoms with van der Waals surface area (Å²) in [6, 6.07) is 2.94. The predicted molar refractivity (Wildman–Crippen MR) is 64.5 cm³/mol. The lowest BCUT2D eigenvalue weighted by Gasteiger charge is -2.23. The van der Waals surface area contributed by atoms with Gasteiger partial charge in [0, 0.05) is 11.5 Å². The number of carboxylic acid groups (broad SMARTS) is 1. The van der Waals surface area contributed by atoms with Crippen LogP contribution in [0.25, 0.3) is 0 Å². The normalized spacial score (nSPS) is 13.4. The number of ether oxygens (including phenoxy) is 2. The lowest BCUT2D eigenvalue weighted by molar-refractivity contribution is -0.385. The van der Waals surface area contributed by atoms with Gasteiger partial charge < -0.3 is 14.6 Å². The molecule has 7 nitrogen and oxygen atoms in total. The number of nitro groups is 1. The van der Waals surface area contributed by atoms with Crippen molar-refractivity contribution in [3.8, 4) is 11.5 Å². The van der Waals surface area contributed by atoms with Crippen LogP contribution >= 0.6 is 0 Å². The molecule has 0 saturated heterocycles. The van der Waals surface area contributed by atoms with E-state index in [0.717, 1.165) is 0 Å². The van der Waals surface area contributed by atoms with E-state index in [0.29, 0.717) is 5.56 Å². The Morgan fingerprint density at radius 1 is 1.47 bits per heavy atom. The molecule has 1 aromatic rings. The van der Waals surface area contributed by atoms with Crippen LogP contribution in [0.15, 0.2) is 12.1 Å². The first-order valence-electron chi connectivity index (χ1n) is 5.61. The molecule has 1 N–H and O–H groups in total. The molecule has 0 radical (unpaired) electrons. The van der Waals surface area contributed by atoms with E-state index in [9.17, 15) is 14.9 Å². The van der Waals surface area contributed by atoms with Crippen molar-refractivity contribution in [2.45, 2.75) is 25.7 Å². The number of carboxylic acids is 1. The fourth-order valence-electron chi connectivity index (χ4n) is 2.00. The third kappa shape index (κ3) is 2.44. The number of hydrogen-bond donors (Lipinski definition) is 1. The molecule has 19 heavy (non-hydrogen) atoms. The highest BCUT2D eigenvalue weighted by Gasteiger charge is 2.32. The van der Waals surface area contributed by atoms with E-state index < -0.39 is 16.3 Å². The number of benzene rings is 1. The van der Waals surface area contributed by atoms with E-state index in [4.69, 9.17) is 14.6 Å². The first-order chi connectivity index (χ1) is 8.81. The smallest absolute Gasteiger partial charge is 0.315 e. The second-order valence-corrected chi connectivity index (χ2v) is 4.94. The van der Waals surface area contributed by atoms with Crippen LogP contribution in [0.2, 0.25) is 0 Å². The van der Waals surface area contributed by atoms with Crippen LogP contribution in [0, 0.1) is 10.1 Å². The molecule has 0 amide bonds. The van der Waals surface area contributed by atoms with E-state index >= 15 is 0 Å². The van der Waals surface area contributed by atoms with Crippen LogP contribution in [-0.4, -0.2) is 22.8 Å². The second-order valence-electron chi connectivity index (χ2n) is 4.94. The van der Waals surface area contributed by atoms with E-state index in [-0.39, 0.29) is 30.4 Å². The lowest BCUT2D eigenvalue weighted by Crippen LogP contribution is -2.21. The van der Waals surface area contributed by atoms with Crippen LogP contribution in [-0.2, 0) is 10.2 Å². The molecule has 7 heteroatoms. The molecule has 0 saturated carbocycles. The van der Waals surface area contributed by atoms with Gasteiger partial charge in [-0.2, -0.15) is 0 Å². The minimum absolute atomic E-state index is 0.0705. The van der Waals surface area contributed by atoms with Crippen LogP contribution in [0.3, 0.4) is 0 Å². The summed E-state index contributed by atoms with van der Waals surface area (Å²) in [6.07, 6.45) is -0.135. The molecule has 102 valence electrons. The van der Waals surface area contributed by atoms with Gasteiger partial charge >= 0.3 is 11.7 Å². The molecule has 0 aromatic heterocycles. The Kier molecular flexibility index (Phi) is 3.05. The molecule has 0 aliphatic carbocycles. The largest absolute Gasteiger partial charge is 0.481 e. The summed E-state index contributed by atoms with van der Waals surface area (Å²) in [7, 11) is 0. The van der Waals surface area contributed by atoms with Crippen molar-refractivity contribution < 1.29 is 24.3 Å². The predicted octanol–water partition coefficient (Wildman–Crippen LogP) is 2.08. The number of nitrogens with zero attached hydrogens (tertiary/aromatic N) is 1. The number of carbonyl (C=O) groups is 1. The van der Waals surface area contributed by atoms with Gasteiger partial charge in [0.15, 0.2) is 5.75 Å². The number of nitro benzene ring substituents is 1. The fourth-order valence-corrected chi connectivity index (χ4v) is 2.00. The summed E-state index contributed by atoms with van der Waals surface area (Å²) in [5.41, 5.74) is -0.410. The summed E-state index contributed by atoms with van der Waals surface area (Å²) in [5.74, 6) is -0.590. The van der Waals surface area contributed by atoms with Gasteiger partial charge in [-0.15, -0.1) is 0 Å². The number of fused-ring (bicyclic) bond motifs is 1. The lowest BCUT2D eigenvalue weighted by atomic mass is 9.81. The van der Waals surface area contributed by atoms with Crippen LogP contribution in [0.5, 0.6) is 11.5 Å². The molecular formula is C12H13NO6. The van der Waals surface area contributed by atoms with Crippen LogP contribution in [0.1, 0.15) is 25.8 Å². The molecule has 0 bridgehead atoms. The highest BCUT2D eigenvalue weighted by atomic mass is 16.7. The summed E-state index contributed by atoms with van der Waals surface area (Å²) < 4.78 is 10.2. The summed E-state index contributed by atoms with van der Waals surface area (Å²) in [4.78, 5) is 21.3. The zero-order chi connectivity index (χ0) is 14.2. The Balaban J connectivity index is 2.51. The second kappa shape index (κ2) is 4.42. The molecule has 2 rings (SSSR count). The Morgan fingerprint density at radius 3 is 2.74 bits per heavy atom. The van der Waals surface area contributed by atoms with E-state index in [1.807, 2.05) is 0 Å². The standard InChI is InChI=1S/C12H13NO6/c1-12(2,5-10(14)15)7-3-8(13(16)17)11-9(4-7)18-6-19-11/h3-4H,5-6H2,1-2H3,(H,14,15). The van der Waals surface area contributed by atoms with Gasteiger partial charge in [-0.3, -0.25) is 14.9 Å².